The number of Topliss-reactive ketones (excluding diaryl/α,β-unsaturated/α-hetero) is 1. The van der Waals surface area contributed by atoms with Crippen LogP contribution in [0.2, 0.25) is 0 Å². The van der Waals surface area contributed by atoms with Crippen molar-refractivity contribution in [1.82, 2.24) is 4.98 Å². The highest BCUT2D eigenvalue weighted by Gasteiger charge is 2.19. The number of aromatic nitrogens is 1. The van der Waals surface area contributed by atoms with Crippen molar-refractivity contribution in [3.05, 3.63) is 15.6 Å². The van der Waals surface area contributed by atoms with E-state index in [0.29, 0.717) is 22.0 Å². The predicted molar refractivity (Wildman–Crippen MR) is 70.6 cm³/mol. The van der Waals surface area contributed by atoms with Crippen molar-refractivity contribution < 1.29 is 17.9 Å². The summed E-state index contributed by atoms with van der Waals surface area (Å²) in [6, 6.07) is 0. The van der Waals surface area contributed by atoms with Gasteiger partial charge in [-0.3, -0.25) is 4.79 Å². The molecule has 102 valence electrons. The third-order valence-corrected chi connectivity index (χ3v) is 5.33. The number of hydrogen-bond donors (Lipinski definition) is 0. The van der Waals surface area contributed by atoms with Crippen molar-refractivity contribution in [2.24, 2.45) is 0 Å². The quantitative estimate of drug-likeness (QED) is 0.716. The fraction of sp³-hybridized carbons (Fsp3) is 0.636. The molecular weight excluding hydrogens is 274 g/mol. The van der Waals surface area contributed by atoms with Gasteiger partial charge in [-0.1, -0.05) is 6.92 Å². The van der Waals surface area contributed by atoms with E-state index in [-0.39, 0.29) is 23.9 Å². The van der Waals surface area contributed by atoms with Gasteiger partial charge in [-0.15, -0.1) is 11.3 Å². The van der Waals surface area contributed by atoms with Crippen LogP contribution in [0.1, 0.15) is 40.6 Å². The smallest absolute Gasteiger partial charge is 0.171 e. The Kier molecular flexibility index (Phi) is 5.43. The molecule has 0 fully saturated rings. The maximum atomic E-state index is 11.7. The molecule has 0 bridgehead atoms. The minimum Gasteiger partial charge on any atom is -0.378 e. The van der Waals surface area contributed by atoms with E-state index in [2.05, 4.69) is 4.98 Å². The molecule has 0 spiro atoms. The van der Waals surface area contributed by atoms with Crippen LogP contribution in [0.25, 0.3) is 0 Å². The van der Waals surface area contributed by atoms with Crippen molar-refractivity contribution in [1.29, 1.82) is 0 Å². The van der Waals surface area contributed by atoms with Crippen molar-refractivity contribution in [3.63, 3.8) is 0 Å². The van der Waals surface area contributed by atoms with Gasteiger partial charge in [-0.05, 0) is 6.42 Å². The van der Waals surface area contributed by atoms with E-state index in [4.69, 9.17) is 4.74 Å². The summed E-state index contributed by atoms with van der Waals surface area (Å²) in [5, 5.41) is 0.459. The van der Waals surface area contributed by atoms with Crippen LogP contribution < -0.4 is 0 Å². The minimum absolute atomic E-state index is 0.102. The zero-order chi connectivity index (χ0) is 13.8. The van der Waals surface area contributed by atoms with E-state index in [1.807, 2.05) is 6.92 Å². The van der Waals surface area contributed by atoms with Gasteiger partial charge >= 0.3 is 0 Å². The second kappa shape index (κ2) is 6.40. The topological polar surface area (TPSA) is 73.3 Å². The molecule has 0 aromatic carbocycles. The van der Waals surface area contributed by atoms with Crippen LogP contribution in [-0.2, 0) is 26.9 Å². The Morgan fingerprint density at radius 3 is 2.61 bits per heavy atom. The lowest BCUT2D eigenvalue weighted by molar-refractivity contribution is 0.101. The molecule has 18 heavy (non-hydrogen) atoms. The van der Waals surface area contributed by atoms with E-state index < -0.39 is 9.84 Å². The molecule has 0 saturated carbocycles. The van der Waals surface area contributed by atoms with Crippen LogP contribution in [0.3, 0.4) is 0 Å². The first kappa shape index (κ1) is 15.3. The summed E-state index contributed by atoms with van der Waals surface area (Å²) in [5.74, 6) is -0.0735. The molecule has 0 atom stereocenters. The Balaban J connectivity index is 2.98. The number of nitrogens with zero attached hydrogens (tertiary/aromatic N) is 1. The summed E-state index contributed by atoms with van der Waals surface area (Å²) in [4.78, 5) is 16.1. The summed E-state index contributed by atoms with van der Waals surface area (Å²) in [7, 11) is -1.62. The van der Waals surface area contributed by atoms with E-state index in [0.717, 1.165) is 11.3 Å². The van der Waals surface area contributed by atoms with Crippen molar-refractivity contribution >= 4 is 27.0 Å². The van der Waals surface area contributed by atoms with Gasteiger partial charge in [0.2, 0.25) is 0 Å². The first-order valence-electron chi connectivity index (χ1n) is 5.58. The summed E-state index contributed by atoms with van der Waals surface area (Å²) in [6.07, 6.45) is 0.582. The normalized spacial score (nSPS) is 11.7. The third-order valence-electron chi connectivity index (χ3n) is 2.20. The highest BCUT2D eigenvalue weighted by Crippen LogP contribution is 2.22. The van der Waals surface area contributed by atoms with Gasteiger partial charge in [0.1, 0.15) is 10.8 Å². The molecule has 1 aromatic rings. The minimum atomic E-state index is -3.13. The zero-order valence-corrected chi connectivity index (χ0v) is 12.4. The molecule has 0 radical (unpaired) electrons. The Labute approximate surface area is 111 Å². The lowest BCUT2D eigenvalue weighted by Gasteiger charge is -1.98. The number of sulfone groups is 1. The zero-order valence-electron chi connectivity index (χ0n) is 10.7. The third kappa shape index (κ3) is 4.15. The maximum Gasteiger partial charge on any atom is 0.171 e. The summed E-state index contributed by atoms with van der Waals surface area (Å²) < 4.78 is 28.3. The second-order valence-corrected chi connectivity index (χ2v) is 7.23. The largest absolute Gasteiger partial charge is 0.378 e. The summed E-state index contributed by atoms with van der Waals surface area (Å²) >= 11 is 1.14. The van der Waals surface area contributed by atoms with Gasteiger partial charge in [-0.2, -0.15) is 0 Å². The highest BCUT2D eigenvalue weighted by atomic mass is 32.2. The molecular formula is C11H17NO4S2. The van der Waals surface area contributed by atoms with Crippen LogP contribution in [0.15, 0.2) is 0 Å². The Hall–Kier alpha value is -0.790. The van der Waals surface area contributed by atoms with Gasteiger partial charge in [0.25, 0.3) is 0 Å². The van der Waals surface area contributed by atoms with Crippen LogP contribution in [0.5, 0.6) is 0 Å². The Morgan fingerprint density at radius 1 is 1.44 bits per heavy atom. The molecule has 0 aliphatic heterocycles. The van der Waals surface area contributed by atoms with Crippen LogP contribution in [0, 0.1) is 0 Å². The molecule has 1 rings (SSSR count). The Bertz CT molecular complexity index is 519. The maximum absolute atomic E-state index is 11.7. The number of hydrogen-bond acceptors (Lipinski definition) is 6. The monoisotopic (exact) mass is 291 g/mol. The SMILES string of the molecule is CCCS(=O)(=O)Cc1nc(COC)c(C(C)=O)s1. The predicted octanol–water partition coefficient (Wildman–Crippen LogP) is 1.82. The fourth-order valence-electron chi connectivity index (χ4n) is 1.54. The van der Waals surface area contributed by atoms with E-state index >= 15 is 0 Å². The second-order valence-electron chi connectivity index (χ2n) is 3.96. The molecule has 0 saturated heterocycles. The van der Waals surface area contributed by atoms with Gasteiger partial charge in [0, 0.05) is 14.0 Å². The first-order valence-corrected chi connectivity index (χ1v) is 8.22. The van der Waals surface area contributed by atoms with Gasteiger partial charge in [0.05, 0.1) is 22.9 Å². The van der Waals surface area contributed by atoms with E-state index in [1.54, 1.807) is 0 Å². The summed E-state index contributed by atoms with van der Waals surface area (Å²) in [5.41, 5.74) is 0.525. The van der Waals surface area contributed by atoms with Gasteiger partial charge < -0.3 is 4.74 Å². The van der Waals surface area contributed by atoms with Crippen LogP contribution >= 0.6 is 11.3 Å². The number of rotatable bonds is 7. The molecule has 5 nitrogen and oxygen atoms in total. The van der Waals surface area contributed by atoms with Crippen molar-refractivity contribution in [3.8, 4) is 0 Å². The number of carbonyl (C=O) groups is 1. The average Bonchev–Trinajstić information content (AvgIpc) is 2.60. The molecule has 0 amide bonds. The van der Waals surface area contributed by atoms with E-state index in [1.165, 1.54) is 14.0 Å². The van der Waals surface area contributed by atoms with Crippen molar-refractivity contribution in [2.45, 2.75) is 32.6 Å². The molecule has 0 unspecified atom stereocenters. The van der Waals surface area contributed by atoms with E-state index in [9.17, 15) is 13.2 Å². The van der Waals surface area contributed by atoms with Gasteiger partial charge in [0.15, 0.2) is 15.6 Å². The van der Waals surface area contributed by atoms with Crippen LogP contribution in [-0.4, -0.2) is 32.0 Å². The molecule has 0 N–H and O–H groups in total. The number of methoxy groups -OCH3 is 1. The van der Waals surface area contributed by atoms with Crippen molar-refractivity contribution in [2.75, 3.05) is 12.9 Å². The molecule has 0 aliphatic rings. The number of thiazole rings is 1. The van der Waals surface area contributed by atoms with Gasteiger partial charge in [-0.25, -0.2) is 13.4 Å². The molecule has 1 aromatic heterocycles. The molecule has 0 aliphatic carbocycles. The average molecular weight is 291 g/mol. The first-order chi connectivity index (χ1) is 8.39. The number of ether oxygens (including phenoxy) is 1. The highest BCUT2D eigenvalue weighted by molar-refractivity contribution is 7.90. The lowest BCUT2D eigenvalue weighted by atomic mass is 10.3. The lowest BCUT2D eigenvalue weighted by Crippen LogP contribution is -2.08. The number of carbonyl (C=O) groups excluding carboxylic acids is 1. The molecule has 7 heteroatoms. The molecule has 1 heterocycles. The summed E-state index contributed by atoms with van der Waals surface area (Å²) in [6.45, 7) is 3.48. The fourth-order valence-corrected chi connectivity index (χ4v) is 4.28. The Morgan fingerprint density at radius 2 is 2.11 bits per heavy atom. The standard InChI is InChI=1S/C11H17NO4S2/c1-4-5-18(14,15)7-10-12-9(6-16-3)11(17-10)8(2)13/h4-7H2,1-3H3. The van der Waals surface area contributed by atoms with Crippen LogP contribution in [0.4, 0.5) is 0 Å². The number of ketones is 1.